The van der Waals surface area contributed by atoms with Gasteiger partial charge in [0, 0.05) is 0 Å². The Morgan fingerprint density at radius 1 is 1.23 bits per heavy atom. The number of fused-ring (bicyclic) bond motifs is 3. The SMILES string of the molecule is Cc1cc(/C=C2\C3CCN(CC3)C2[Se]c2ccccc2)on1. The van der Waals surface area contributed by atoms with E-state index in [-0.39, 0.29) is 0 Å². The second kappa shape index (κ2) is 6.04. The van der Waals surface area contributed by atoms with E-state index >= 15 is 0 Å². The Labute approximate surface area is 137 Å². The number of benzene rings is 1. The summed E-state index contributed by atoms with van der Waals surface area (Å²) in [5.41, 5.74) is 2.52. The van der Waals surface area contributed by atoms with Crippen LogP contribution in [0.1, 0.15) is 24.3 Å². The van der Waals surface area contributed by atoms with Crippen LogP contribution in [0.3, 0.4) is 0 Å². The predicted octanol–water partition coefficient (Wildman–Crippen LogP) is 2.45. The van der Waals surface area contributed by atoms with Gasteiger partial charge in [0.05, 0.1) is 0 Å². The van der Waals surface area contributed by atoms with Gasteiger partial charge < -0.3 is 0 Å². The minimum absolute atomic E-state index is 0.446. The number of aromatic nitrogens is 1. The molecule has 2 bridgehead atoms. The van der Waals surface area contributed by atoms with Crippen LogP contribution in [0.4, 0.5) is 0 Å². The molecule has 22 heavy (non-hydrogen) atoms. The zero-order valence-electron chi connectivity index (χ0n) is 12.7. The zero-order chi connectivity index (χ0) is 14.9. The zero-order valence-corrected chi connectivity index (χ0v) is 14.4. The molecule has 3 aliphatic heterocycles. The van der Waals surface area contributed by atoms with E-state index in [2.05, 4.69) is 46.5 Å². The molecular formula is C18H20N2OSe. The molecular weight excluding hydrogens is 339 g/mol. The van der Waals surface area contributed by atoms with Gasteiger partial charge in [-0.3, -0.25) is 0 Å². The van der Waals surface area contributed by atoms with Crippen molar-refractivity contribution in [3.63, 3.8) is 0 Å². The maximum absolute atomic E-state index is 5.44. The molecule has 0 N–H and O–H groups in total. The molecule has 3 aliphatic rings. The van der Waals surface area contributed by atoms with Crippen molar-refractivity contribution < 1.29 is 4.52 Å². The number of aryl methyl sites for hydroxylation is 1. The van der Waals surface area contributed by atoms with Crippen molar-refractivity contribution in [3.05, 3.63) is 53.4 Å². The summed E-state index contributed by atoms with van der Waals surface area (Å²) in [5, 5.41) is 4.03. The number of nitrogens with zero attached hydrogens (tertiary/aromatic N) is 2. The topological polar surface area (TPSA) is 29.3 Å². The first-order chi connectivity index (χ1) is 10.8. The normalized spacial score (nSPS) is 29.1. The van der Waals surface area contributed by atoms with Gasteiger partial charge in [-0.05, 0) is 0 Å². The van der Waals surface area contributed by atoms with Gasteiger partial charge in [-0.2, -0.15) is 0 Å². The van der Waals surface area contributed by atoms with Crippen LogP contribution in [0.5, 0.6) is 0 Å². The fourth-order valence-corrected chi connectivity index (χ4v) is 6.24. The van der Waals surface area contributed by atoms with E-state index in [1.54, 1.807) is 5.57 Å². The second-order valence-electron chi connectivity index (χ2n) is 6.11. The van der Waals surface area contributed by atoms with E-state index in [0.29, 0.717) is 19.9 Å². The van der Waals surface area contributed by atoms with Crippen LogP contribution >= 0.6 is 0 Å². The molecule has 1 aromatic carbocycles. The molecule has 2 aromatic rings. The number of rotatable bonds is 3. The predicted molar refractivity (Wildman–Crippen MR) is 89.1 cm³/mol. The molecule has 1 unspecified atom stereocenters. The van der Waals surface area contributed by atoms with Gasteiger partial charge in [-0.25, -0.2) is 0 Å². The summed E-state index contributed by atoms with van der Waals surface area (Å²) in [6.45, 7) is 4.47. The Kier molecular flexibility index (Phi) is 3.91. The van der Waals surface area contributed by atoms with Gasteiger partial charge in [-0.1, -0.05) is 0 Å². The van der Waals surface area contributed by atoms with Gasteiger partial charge in [0.2, 0.25) is 0 Å². The summed E-state index contributed by atoms with van der Waals surface area (Å²) >= 11 is 0.446. The first-order valence-electron chi connectivity index (χ1n) is 7.90. The van der Waals surface area contributed by atoms with Crippen molar-refractivity contribution in [2.24, 2.45) is 5.92 Å². The van der Waals surface area contributed by atoms with Gasteiger partial charge in [0.25, 0.3) is 0 Å². The Morgan fingerprint density at radius 3 is 2.68 bits per heavy atom. The molecule has 114 valence electrons. The Morgan fingerprint density at radius 2 is 2.00 bits per heavy atom. The van der Waals surface area contributed by atoms with Crippen LogP contribution in [0, 0.1) is 12.8 Å². The van der Waals surface area contributed by atoms with Crippen LogP contribution < -0.4 is 4.46 Å². The summed E-state index contributed by atoms with van der Waals surface area (Å²) in [6, 6.07) is 13.0. The standard InChI is InChI=1S/C18H20N2OSe/c1-13-11-15(21-19-13)12-17-14-7-9-20(10-8-14)18(17)22-16-5-3-2-4-6-16/h2-6,11-12,14,18H,7-10H2,1H3/b17-12+. The molecule has 3 nitrogen and oxygen atoms in total. The van der Waals surface area contributed by atoms with Crippen LogP contribution in [-0.2, 0) is 0 Å². The summed E-state index contributed by atoms with van der Waals surface area (Å²) < 4.78 is 6.91. The van der Waals surface area contributed by atoms with E-state index in [4.69, 9.17) is 4.52 Å². The minimum atomic E-state index is 0.446. The molecule has 0 spiro atoms. The van der Waals surface area contributed by atoms with E-state index in [0.717, 1.165) is 17.4 Å². The monoisotopic (exact) mass is 360 g/mol. The third kappa shape index (κ3) is 2.79. The molecule has 1 atom stereocenters. The van der Waals surface area contributed by atoms with Gasteiger partial charge in [-0.15, -0.1) is 0 Å². The summed E-state index contributed by atoms with van der Waals surface area (Å²) in [6.07, 6.45) is 4.85. The van der Waals surface area contributed by atoms with Crippen LogP contribution in [0.15, 0.2) is 46.5 Å². The summed E-state index contributed by atoms with van der Waals surface area (Å²) in [5.74, 6) is 1.64. The summed E-state index contributed by atoms with van der Waals surface area (Å²) in [4.78, 5) is 3.25. The fraction of sp³-hybridized carbons (Fsp3) is 0.389. The quantitative estimate of drug-likeness (QED) is 0.789. The fourth-order valence-electron chi connectivity index (χ4n) is 3.46. The average molecular weight is 359 g/mol. The van der Waals surface area contributed by atoms with Crippen LogP contribution in [-0.4, -0.2) is 43.0 Å². The van der Waals surface area contributed by atoms with E-state index in [1.165, 1.54) is 30.4 Å². The molecule has 0 amide bonds. The molecule has 0 saturated carbocycles. The van der Waals surface area contributed by atoms with Crippen molar-refractivity contribution in [1.82, 2.24) is 10.1 Å². The van der Waals surface area contributed by atoms with Crippen molar-refractivity contribution in [2.75, 3.05) is 13.1 Å². The Bertz CT molecular complexity index is 671. The molecule has 3 saturated heterocycles. The third-order valence-electron chi connectivity index (χ3n) is 4.56. The van der Waals surface area contributed by atoms with Gasteiger partial charge in [0.15, 0.2) is 0 Å². The van der Waals surface area contributed by atoms with E-state index in [9.17, 15) is 0 Å². The second-order valence-corrected chi connectivity index (χ2v) is 8.53. The van der Waals surface area contributed by atoms with Crippen molar-refractivity contribution in [3.8, 4) is 0 Å². The van der Waals surface area contributed by atoms with Crippen LogP contribution in [0.25, 0.3) is 6.08 Å². The average Bonchev–Trinajstić information content (AvgIpc) is 2.97. The van der Waals surface area contributed by atoms with E-state index in [1.807, 2.05) is 13.0 Å². The molecule has 0 aliphatic carbocycles. The number of hydrogen-bond acceptors (Lipinski definition) is 3. The van der Waals surface area contributed by atoms with Gasteiger partial charge in [0.1, 0.15) is 0 Å². The molecule has 5 rings (SSSR count). The molecule has 1 aromatic heterocycles. The first kappa shape index (κ1) is 14.3. The van der Waals surface area contributed by atoms with Crippen molar-refractivity contribution >= 4 is 25.5 Å². The number of piperidine rings is 3. The molecule has 3 fully saturated rings. The van der Waals surface area contributed by atoms with Crippen LogP contribution in [0.2, 0.25) is 0 Å². The maximum atomic E-state index is 5.44. The van der Waals surface area contributed by atoms with Crippen molar-refractivity contribution in [1.29, 1.82) is 0 Å². The molecule has 4 heteroatoms. The molecule has 0 radical (unpaired) electrons. The van der Waals surface area contributed by atoms with E-state index < -0.39 is 0 Å². The Balaban J connectivity index is 1.65. The first-order valence-corrected chi connectivity index (χ1v) is 9.75. The third-order valence-corrected chi connectivity index (χ3v) is 7.37. The number of hydrogen-bond donors (Lipinski definition) is 0. The molecule has 4 heterocycles. The summed E-state index contributed by atoms with van der Waals surface area (Å²) in [7, 11) is 0. The van der Waals surface area contributed by atoms with Crippen molar-refractivity contribution in [2.45, 2.75) is 24.7 Å². The van der Waals surface area contributed by atoms with Gasteiger partial charge >= 0.3 is 137 Å². The Hall–Kier alpha value is -1.35.